The molecule has 2 heterocycles. The first-order chi connectivity index (χ1) is 9.29. The van der Waals surface area contributed by atoms with Crippen molar-refractivity contribution in [2.75, 3.05) is 0 Å². The maximum Gasteiger partial charge on any atom is 0.123 e. The van der Waals surface area contributed by atoms with Gasteiger partial charge in [0.1, 0.15) is 5.82 Å². The molecule has 5 heteroatoms. The van der Waals surface area contributed by atoms with Gasteiger partial charge in [0.2, 0.25) is 0 Å². The molecule has 96 valence electrons. The van der Waals surface area contributed by atoms with Gasteiger partial charge >= 0.3 is 0 Å². The highest BCUT2D eigenvalue weighted by atomic mass is 19.1. The van der Waals surface area contributed by atoms with E-state index in [0.717, 1.165) is 16.6 Å². The third-order valence-corrected chi connectivity index (χ3v) is 3.12. The first-order valence-corrected chi connectivity index (χ1v) is 5.93. The molecule has 0 amide bonds. The van der Waals surface area contributed by atoms with Crippen molar-refractivity contribution in [2.45, 2.75) is 6.04 Å². The molecule has 1 unspecified atom stereocenters. The van der Waals surface area contributed by atoms with E-state index in [-0.39, 0.29) is 11.9 Å². The van der Waals surface area contributed by atoms with Gasteiger partial charge in [0.15, 0.2) is 0 Å². The number of halogens is 1. The number of fused-ring (bicyclic) bond motifs is 1. The van der Waals surface area contributed by atoms with Crippen LogP contribution in [0, 0.1) is 5.82 Å². The lowest BCUT2D eigenvalue weighted by Gasteiger charge is -2.15. The highest BCUT2D eigenvalue weighted by Gasteiger charge is 2.17. The van der Waals surface area contributed by atoms with Gasteiger partial charge in [-0.05, 0) is 29.8 Å². The molecule has 0 spiro atoms. The summed E-state index contributed by atoms with van der Waals surface area (Å²) in [7, 11) is 0. The zero-order valence-electron chi connectivity index (χ0n) is 10.1. The van der Waals surface area contributed by atoms with E-state index in [0.29, 0.717) is 0 Å². The Kier molecular flexibility index (Phi) is 2.98. The van der Waals surface area contributed by atoms with Crippen LogP contribution in [0.4, 0.5) is 4.39 Å². The molecule has 0 aliphatic carbocycles. The van der Waals surface area contributed by atoms with Crippen LogP contribution in [0.2, 0.25) is 0 Å². The van der Waals surface area contributed by atoms with Crippen LogP contribution in [0.25, 0.3) is 5.52 Å². The van der Waals surface area contributed by atoms with Crippen LogP contribution in [0.3, 0.4) is 0 Å². The van der Waals surface area contributed by atoms with E-state index in [1.807, 2.05) is 30.5 Å². The summed E-state index contributed by atoms with van der Waals surface area (Å²) in [6.45, 7) is 0. The fourth-order valence-electron chi connectivity index (χ4n) is 2.23. The summed E-state index contributed by atoms with van der Waals surface area (Å²) in [4.78, 5) is 0. The van der Waals surface area contributed by atoms with Crippen molar-refractivity contribution in [3.05, 3.63) is 71.8 Å². The minimum Gasteiger partial charge on any atom is -0.271 e. The van der Waals surface area contributed by atoms with Crippen molar-refractivity contribution in [3.8, 4) is 0 Å². The van der Waals surface area contributed by atoms with Gasteiger partial charge < -0.3 is 0 Å². The molecule has 1 atom stereocenters. The van der Waals surface area contributed by atoms with E-state index in [9.17, 15) is 4.39 Å². The average Bonchev–Trinajstić information content (AvgIpc) is 2.84. The number of aromatic nitrogens is 2. The Morgan fingerprint density at radius 3 is 2.89 bits per heavy atom. The normalized spacial score (nSPS) is 12.7. The molecule has 0 radical (unpaired) electrons. The fraction of sp³-hybridized carbons (Fsp3) is 0.0714. The van der Waals surface area contributed by atoms with Gasteiger partial charge in [-0.2, -0.15) is 5.10 Å². The monoisotopic (exact) mass is 256 g/mol. The molecule has 0 saturated carbocycles. The first-order valence-electron chi connectivity index (χ1n) is 5.93. The molecular formula is C14H13FN4. The van der Waals surface area contributed by atoms with Crippen molar-refractivity contribution in [1.82, 2.24) is 15.0 Å². The van der Waals surface area contributed by atoms with E-state index in [4.69, 9.17) is 5.84 Å². The number of benzene rings is 1. The molecular weight excluding hydrogens is 243 g/mol. The third kappa shape index (κ3) is 2.09. The van der Waals surface area contributed by atoms with Crippen molar-refractivity contribution in [1.29, 1.82) is 0 Å². The van der Waals surface area contributed by atoms with Crippen LogP contribution < -0.4 is 11.3 Å². The molecule has 19 heavy (non-hydrogen) atoms. The molecule has 3 aromatic rings. The van der Waals surface area contributed by atoms with Crippen LogP contribution in [0.5, 0.6) is 0 Å². The largest absolute Gasteiger partial charge is 0.271 e. The molecule has 0 saturated heterocycles. The number of nitrogens with two attached hydrogens (primary N) is 1. The number of rotatable bonds is 3. The SMILES string of the molecule is NNC(c1cccc(F)c1)c1cnn2ccccc12. The van der Waals surface area contributed by atoms with Crippen molar-refractivity contribution in [2.24, 2.45) is 5.84 Å². The Hall–Kier alpha value is -2.24. The molecule has 1 aromatic carbocycles. The van der Waals surface area contributed by atoms with Crippen molar-refractivity contribution < 1.29 is 4.39 Å². The summed E-state index contributed by atoms with van der Waals surface area (Å²) >= 11 is 0. The maximum atomic E-state index is 13.3. The number of hydrogen-bond acceptors (Lipinski definition) is 3. The molecule has 0 aliphatic rings. The lowest BCUT2D eigenvalue weighted by molar-refractivity contribution is 0.606. The van der Waals surface area contributed by atoms with Gasteiger partial charge in [0.05, 0.1) is 17.8 Å². The summed E-state index contributed by atoms with van der Waals surface area (Å²) in [5.41, 5.74) is 5.34. The van der Waals surface area contributed by atoms with Gasteiger partial charge in [0, 0.05) is 11.8 Å². The van der Waals surface area contributed by atoms with Crippen LogP contribution in [-0.2, 0) is 0 Å². The van der Waals surface area contributed by atoms with Crippen LogP contribution in [0.15, 0.2) is 54.9 Å². The Balaban J connectivity index is 2.12. The summed E-state index contributed by atoms with van der Waals surface area (Å²) < 4.78 is 15.1. The maximum absolute atomic E-state index is 13.3. The van der Waals surface area contributed by atoms with Gasteiger partial charge in [-0.3, -0.25) is 5.84 Å². The number of hydrogen-bond donors (Lipinski definition) is 2. The molecule has 0 aliphatic heterocycles. The number of pyridine rings is 1. The van der Waals surface area contributed by atoms with Gasteiger partial charge in [-0.1, -0.05) is 18.2 Å². The average molecular weight is 256 g/mol. The van der Waals surface area contributed by atoms with E-state index in [1.165, 1.54) is 12.1 Å². The Bertz CT molecular complexity index is 707. The number of nitrogens with zero attached hydrogens (tertiary/aromatic N) is 2. The second-order valence-corrected chi connectivity index (χ2v) is 4.29. The summed E-state index contributed by atoms with van der Waals surface area (Å²) in [5.74, 6) is 5.34. The zero-order chi connectivity index (χ0) is 13.2. The van der Waals surface area contributed by atoms with Crippen LogP contribution >= 0.6 is 0 Å². The Labute approximate surface area is 109 Å². The van der Waals surface area contributed by atoms with E-state index in [2.05, 4.69) is 10.5 Å². The third-order valence-electron chi connectivity index (χ3n) is 3.12. The summed E-state index contributed by atoms with van der Waals surface area (Å²) in [6.07, 6.45) is 3.60. The van der Waals surface area contributed by atoms with Gasteiger partial charge in [-0.25, -0.2) is 14.3 Å². The fourth-order valence-corrected chi connectivity index (χ4v) is 2.23. The molecule has 2 aromatic heterocycles. The predicted molar refractivity (Wildman–Crippen MR) is 70.8 cm³/mol. The minimum atomic E-state index is -0.296. The highest BCUT2D eigenvalue weighted by molar-refractivity contribution is 5.57. The van der Waals surface area contributed by atoms with Crippen molar-refractivity contribution in [3.63, 3.8) is 0 Å². The zero-order valence-corrected chi connectivity index (χ0v) is 10.1. The smallest absolute Gasteiger partial charge is 0.123 e. The van der Waals surface area contributed by atoms with Crippen LogP contribution in [0.1, 0.15) is 17.2 Å². The van der Waals surface area contributed by atoms with Gasteiger partial charge in [0.25, 0.3) is 0 Å². The summed E-state index contributed by atoms with van der Waals surface area (Å²) in [5, 5.41) is 4.26. The van der Waals surface area contributed by atoms with E-state index < -0.39 is 0 Å². The Morgan fingerprint density at radius 2 is 2.11 bits per heavy atom. The standard InChI is InChI=1S/C14H13FN4/c15-11-5-3-4-10(8-11)14(18-16)12-9-17-19-7-2-1-6-13(12)19/h1-9,14,18H,16H2. The second kappa shape index (κ2) is 4.79. The Morgan fingerprint density at radius 1 is 1.21 bits per heavy atom. The molecule has 4 nitrogen and oxygen atoms in total. The lowest BCUT2D eigenvalue weighted by atomic mass is 10.0. The first kappa shape index (κ1) is 11.8. The number of hydrazine groups is 1. The van der Waals surface area contributed by atoms with E-state index >= 15 is 0 Å². The van der Waals surface area contributed by atoms with E-state index in [1.54, 1.807) is 16.8 Å². The second-order valence-electron chi connectivity index (χ2n) is 4.29. The topological polar surface area (TPSA) is 55.3 Å². The highest BCUT2D eigenvalue weighted by Crippen LogP contribution is 2.25. The number of nitrogens with one attached hydrogen (secondary N) is 1. The molecule has 0 bridgehead atoms. The summed E-state index contributed by atoms with van der Waals surface area (Å²) in [6, 6.07) is 11.9. The predicted octanol–water partition coefficient (Wildman–Crippen LogP) is 2.03. The molecule has 3 N–H and O–H groups in total. The van der Waals surface area contributed by atoms with Gasteiger partial charge in [-0.15, -0.1) is 0 Å². The molecule has 0 fully saturated rings. The van der Waals surface area contributed by atoms with Crippen molar-refractivity contribution >= 4 is 5.52 Å². The minimum absolute atomic E-state index is 0.283. The van der Waals surface area contributed by atoms with Crippen LogP contribution in [-0.4, -0.2) is 9.61 Å². The lowest BCUT2D eigenvalue weighted by Crippen LogP contribution is -2.28. The quantitative estimate of drug-likeness (QED) is 0.557. The molecule has 3 rings (SSSR count).